The zero-order valence-electron chi connectivity index (χ0n) is 14.7. The monoisotopic (exact) mass is 346 g/mol. The molecule has 0 bridgehead atoms. The molecule has 136 valence electrons. The van der Waals surface area contributed by atoms with Gasteiger partial charge >= 0.3 is 6.03 Å². The summed E-state index contributed by atoms with van der Waals surface area (Å²) >= 11 is 0. The predicted octanol–water partition coefficient (Wildman–Crippen LogP) is 0.579. The van der Waals surface area contributed by atoms with Gasteiger partial charge in [-0.05, 0) is 12.5 Å². The number of aliphatic hydroxyl groups is 1. The first-order valence-corrected chi connectivity index (χ1v) is 8.85. The molecule has 2 fully saturated rings. The predicted molar refractivity (Wildman–Crippen MR) is 93.8 cm³/mol. The molecule has 0 spiro atoms. The first kappa shape index (κ1) is 17.8. The summed E-state index contributed by atoms with van der Waals surface area (Å²) in [4.78, 5) is 31.3. The Labute approximate surface area is 148 Å². The highest BCUT2D eigenvalue weighted by Crippen LogP contribution is 2.16. The van der Waals surface area contributed by atoms with Gasteiger partial charge in [-0.2, -0.15) is 0 Å². The quantitative estimate of drug-likeness (QED) is 0.763. The summed E-state index contributed by atoms with van der Waals surface area (Å²) in [5.41, 5.74) is 0.936. The fourth-order valence-electron chi connectivity index (χ4n) is 3.40. The minimum absolute atomic E-state index is 0.114. The molecule has 1 aromatic carbocycles. The van der Waals surface area contributed by atoms with Crippen molar-refractivity contribution < 1.29 is 14.7 Å². The van der Waals surface area contributed by atoms with E-state index in [-0.39, 0.29) is 18.5 Å². The summed E-state index contributed by atoms with van der Waals surface area (Å²) in [6.07, 6.45) is -0.483. The molecule has 0 aromatic heterocycles. The molecule has 1 aromatic rings. The lowest BCUT2D eigenvalue weighted by Gasteiger charge is -2.37. The van der Waals surface area contributed by atoms with Crippen LogP contribution in [-0.4, -0.2) is 89.1 Å². The minimum Gasteiger partial charge on any atom is -0.387 e. The first-order chi connectivity index (χ1) is 12.1. The number of likely N-dealkylation sites (N-methyl/N-ethyl adjacent to an activating group) is 1. The molecule has 2 aliphatic rings. The van der Waals surface area contributed by atoms with Crippen molar-refractivity contribution >= 4 is 11.9 Å². The van der Waals surface area contributed by atoms with Gasteiger partial charge in [0.1, 0.15) is 6.54 Å². The van der Waals surface area contributed by atoms with Crippen LogP contribution in [0.3, 0.4) is 0 Å². The number of amides is 3. The van der Waals surface area contributed by atoms with E-state index in [1.54, 1.807) is 4.90 Å². The molecule has 2 aliphatic heterocycles. The topological polar surface area (TPSA) is 67.3 Å². The van der Waals surface area contributed by atoms with Gasteiger partial charge in [0.05, 0.1) is 12.8 Å². The van der Waals surface area contributed by atoms with Crippen molar-refractivity contribution in [1.29, 1.82) is 0 Å². The minimum atomic E-state index is -0.483. The molecular weight excluding hydrogens is 320 g/mol. The molecule has 25 heavy (non-hydrogen) atoms. The van der Waals surface area contributed by atoms with Crippen molar-refractivity contribution in [3.8, 4) is 0 Å². The molecule has 2 saturated heterocycles. The average molecular weight is 346 g/mol. The maximum absolute atomic E-state index is 12.1. The Balaban J connectivity index is 1.45. The molecule has 7 nitrogen and oxygen atoms in total. The standard InChI is InChI=1S/C18H26N4O3/c1-2-22-17(24)13-21(18(22)25)14-20-10-8-19(9-11-20)12-16(23)15-6-4-3-5-7-15/h3-7,16,23H,2,8-14H2,1H3. The molecule has 0 saturated carbocycles. The number of aliphatic hydroxyl groups excluding tert-OH is 1. The number of hydrogen-bond donors (Lipinski definition) is 1. The average Bonchev–Trinajstić information content (AvgIpc) is 2.90. The lowest BCUT2D eigenvalue weighted by molar-refractivity contribution is -0.125. The van der Waals surface area contributed by atoms with E-state index < -0.39 is 6.10 Å². The Hall–Kier alpha value is -1.96. The summed E-state index contributed by atoms with van der Waals surface area (Å²) in [7, 11) is 0. The molecular formula is C18H26N4O3. The number of carbonyl (C=O) groups excluding carboxylic acids is 2. The van der Waals surface area contributed by atoms with E-state index in [1.807, 2.05) is 37.3 Å². The van der Waals surface area contributed by atoms with E-state index in [0.29, 0.717) is 19.8 Å². The normalized spacial score (nSPS) is 21.2. The third-order valence-electron chi connectivity index (χ3n) is 4.90. The molecule has 1 unspecified atom stereocenters. The van der Waals surface area contributed by atoms with E-state index in [0.717, 1.165) is 31.7 Å². The number of benzene rings is 1. The number of hydrogen-bond acceptors (Lipinski definition) is 5. The highest BCUT2D eigenvalue weighted by molar-refractivity contribution is 6.01. The number of carbonyl (C=O) groups is 2. The van der Waals surface area contributed by atoms with Crippen LogP contribution >= 0.6 is 0 Å². The van der Waals surface area contributed by atoms with Crippen LogP contribution in [-0.2, 0) is 4.79 Å². The van der Waals surface area contributed by atoms with Crippen LogP contribution in [0.5, 0.6) is 0 Å². The third-order valence-corrected chi connectivity index (χ3v) is 4.90. The molecule has 1 atom stereocenters. The Morgan fingerprint density at radius 3 is 2.28 bits per heavy atom. The van der Waals surface area contributed by atoms with Gasteiger partial charge in [-0.25, -0.2) is 4.79 Å². The van der Waals surface area contributed by atoms with E-state index >= 15 is 0 Å². The van der Waals surface area contributed by atoms with Gasteiger partial charge < -0.3 is 10.0 Å². The second-order valence-electron chi connectivity index (χ2n) is 6.61. The fraction of sp³-hybridized carbons (Fsp3) is 0.556. The van der Waals surface area contributed by atoms with Gasteiger partial charge in [-0.15, -0.1) is 0 Å². The first-order valence-electron chi connectivity index (χ1n) is 8.85. The Kier molecular flexibility index (Phi) is 5.67. The van der Waals surface area contributed by atoms with E-state index in [2.05, 4.69) is 9.80 Å². The maximum Gasteiger partial charge on any atom is 0.328 e. The van der Waals surface area contributed by atoms with Crippen LogP contribution < -0.4 is 0 Å². The summed E-state index contributed by atoms with van der Waals surface area (Å²) in [6.45, 7) is 6.87. The number of piperazine rings is 1. The molecule has 3 amide bonds. The molecule has 0 radical (unpaired) electrons. The van der Waals surface area contributed by atoms with Gasteiger partial charge in [0.15, 0.2) is 0 Å². The van der Waals surface area contributed by atoms with Gasteiger partial charge in [0, 0.05) is 39.3 Å². The number of β-amino-alcohol motifs (C(OH)–C–C–N with tert-alkyl or cyclic N) is 1. The molecule has 0 aliphatic carbocycles. The highest BCUT2D eigenvalue weighted by atomic mass is 16.3. The van der Waals surface area contributed by atoms with Crippen molar-refractivity contribution in [1.82, 2.24) is 19.6 Å². The third kappa shape index (κ3) is 4.18. The van der Waals surface area contributed by atoms with Crippen molar-refractivity contribution in [3.63, 3.8) is 0 Å². The second kappa shape index (κ2) is 7.95. The van der Waals surface area contributed by atoms with E-state index in [4.69, 9.17) is 0 Å². The van der Waals surface area contributed by atoms with Gasteiger partial charge in [-0.1, -0.05) is 30.3 Å². The van der Waals surface area contributed by atoms with E-state index in [1.165, 1.54) is 4.90 Å². The Bertz CT molecular complexity index is 602. The second-order valence-corrected chi connectivity index (χ2v) is 6.61. The van der Waals surface area contributed by atoms with Crippen molar-refractivity contribution in [2.75, 3.05) is 52.5 Å². The van der Waals surface area contributed by atoms with Crippen LogP contribution in [0.2, 0.25) is 0 Å². The smallest absolute Gasteiger partial charge is 0.328 e. The number of imide groups is 1. The van der Waals surface area contributed by atoms with Crippen LogP contribution in [0.15, 0.2) is 30.3 Å². The van der Waals surface area contributed by atoms with Crippen molar-refractivity contribution in [3.05, 3.63) is 35.9 Å². The van der Waals surface area contributed by atoms with Crippen LogP contribution in [0, 0.1) is 0 Å². The van der Waals surface area contributed by atoms with Crippen LogP contribution in [0.4, 0.5) is 4.79 Å². The van der Waals surface area contributed by atoms with Crippen LogP contribution in [0.25, 0.3) is 0 Å². The summed E-state index contributed by atoms with van der Waals surface area (Å²) < 4.78 is 0. The van der Waals surface area contributed by atoms with Crippen LogP contribution in [0.1, 0.15) is 18.6 Å². The van der Waals surface area contributed by atoms with Gasteiger partial charge in [0.2, 0.25) is 5.91 Å². The van der Waals surface area contributed by atoms with Crippen molar-refractivity contribution in [2.45, 2.75) is 13.0 Å². The van der Waals surface area contributed by atoms with E-state index in [9.17, 15) is 14.7 Å². The zero-order valence-corrected chi connectivity index (χ0v) is 14.7. The fourth-order valence-corrected chi connectivity index (χ4v) is 3.40. The maximum atomic E-state index is 12.1. The largest absolute Gasteiger partial charge is 0.387 e. The molecule has 1 N–H and O–H groups in total. The Morgan fingerprint density at radius 1 is 1.04 bits per heavy atom. The number of urea groups is 1. The lowest BCUT2D eigenvalue weighted by Crippen LogP contribution is -2.51. The SMILES string of the molecule is CCN1C(=O)CN(CN2CCN(CC(O)c3ccccc3)CC2)C1=O. The number of rotatable bonds is 6. The van der Waals surface area contributed by atoms with Crippen molar-refractivity contribution in [2.24, 2.45) is 0 Å². The molecule has 7 heteroatoms. The highest BCUT2D eigenvalue weighted by Gasteiger charge is 2.35. The van der Waals surface area contributed by atoms with Gasteiger partial charge in [0.25, 0.3) is 0 Å². The molecule has 3 rings (SSSR count). The Morgan fingerprint density at radius 2 is 1.68 bits per heavy atom. The molecule has 2 heterocycles. The van der Waals surface area contributed by atoms with Gasteiger partial charge in [-0.3, -0.25) is 19.5 Å². The summed E-state index contributed by atoms with van der Waals surface area (Å²) in [5, 5.41) is 10.3. The zero-order chi connectivity index (χ0) is 17.8. The summed E-state index contributed by atoms with van der Waals surface area (Å²) in [6, 6.07) is 9.51. The lowest BCUT2D eigenvalue weighted by atomic mass is 10.1. The number of nitrogens with zero attached hydrogens (tertiary/aromatic N) is 4. The summed E-state index contributed by atoms with van der Waals surface area (Å²) in [5.74, 6) is -0.114.